The van der Waals surface area contributed by atoms with Gasteiger partial charge >= 0.3 is 0 Å². The van der Waals surface area contributed by atoms with Crippen LogP contribution >= 0.6 is 0 Å². The van der Waals surface area contributed by atoms with Gasteiger partial charge in [-0.25, -0.2) is 0 Å². The minimum absolute atomic E-state index is 0.0199. The van der Waals surface area contributed by atoms with Gasteiger partial charge in [0.1, 0.15) is 0 Å². The Morgan fingerprint density at radius 3 is 1.28 bits per heavy atom. The molecule has 2 rings (SSSR count). The molecule has 36 heavy (non-hydrogen) atoms. The molecule has 0 atom stereocenters. The summed E-state index contributed by atoms with van der Waals surface area (Å²) < 4.78 is 0. The van der Waals surface area contributed by atoms with E-state index in [1.807, 2.05) is 9.80 Å². The Kier molecular flexibility index (Phi) is 12.7. The highest BCUT2D eigenvalue weighted by molar-refractivity contribution is 5.92. The molecule has 8 heteroatoms. The summed E-state index contributed by atoms with van der Waals surface area (Å²) in [5.41, 5.74) is 1.14. The van der Waals surface area contributed by atoms with E-state index in [2.05, 4.69) is 23.8 Å². The van der Waals surface area contributed by atoms with Crippen LogP contribution in [0.25, 0.3) is 0 Å². The normalized spacial score (nSPS) is 16.9. The van der Waals surface area contributed by atoms with E-state index < -0.39 is 0 Å². The minimum Gasteiger partial charge on any atom is -0.356 e. The van der Waals surface area contributed by atoms with Crippen molar-refractivity contribution >= 4 is 23.6 Å². The van der Waals surface area contributed by atoms with Crippen LogP contribution in [0.4, 0.5) is 0 Å². The summed E-state index contributed by atoms with van der Waals surface area (Å²) in [7, 11) is 0. The van der Waals surface area contributed by atoms with Crippen molar-refractivity contribution in [2.75, 3.05) is 39.3 Å². The van der Waals surface area contributed by atoms with Gasteiger partial charge in [-0.05, 0) is 64.2 Å². The second-order valence-electron chi connectivity index (χ2n) is 10.6. The van der Waals surface area contributed by atoms with E-state index in [1.54, 1.807) is 13.8 Å². The molecule has 2 fully saturated rings. The topological polar surface area (TPSA) is 98.8 Å². The lowest BCUT2D eigenvalue weighted by molar-refractivity contribution is -0.129. The molecule has 0 aliphatic carbocycles. The standard InChI is InChI=1S/C28H46N4O4/c1-21(2)27(35)31-15-9-23(10-16-31)19-25(33)29-13-7-5-6-8-14-30-26(34)20-24-11-17-32(18-12-24)28(36)22(3)4/h23-24H,1,3,5-20H2,2,4H3,(H,29,33)(H,30,34). The van der Waals surface area contributed by atoms with Gasteiger partial charge in [-0.1, -0.05) is 26.0 Å². The summed E-state index contributed by atoms with van der Waals surface area (Å²) in [6, 6.07) is 0. The second kappa shape index (κ2) is 15.5. The van der Waals surface area contributed by atoms with E-state index in [0.29, 0.717) is 75.1 Å². The first-order valence-electron chi connectivity index (χ1n) is 13.6. The van der Waals surface area contributed by atoms with Crippen LogP contribution in [0.1, 0.15) is 78.1 Å². The molecule has 0 aromatic rings. The van der Waals surface area contributed by atoms with Gasteiger partial charge in [0.25, 0.3) is 0 Å². The first-order chi connectivity index (χ1) is 17.2. The van der Waals surface area contributed by atoms with Crippen LogP contribution in [0.3, 0.4) is 0 Å². The molecule has 0 radical (unpaired) electrons. The molecule has 2 N–H and O–H groups in total. The Hall–Kier alpha value is -2.64. The van der Waals surface area contributed by atoms with E-state index >= 15 is 0 Å². The Morgan fingerprint density at radius 2 is 0.972 bits per heavy atom. The SMILES string of the molecule is C=C(C)C(=O)N1CCC(CC(=O)NCCCCCCNC(=O)CC2CCN(C(=O)C(=C)C)CC2)CC1. The predicted octanol–water partition coefficient (Wildman–Crippen LogP) is 3.19. The van der Waals surface area contributed by atoms with Gasteiger partial charge in [0.05, 0.1) is 0 Å². The van der Waals surface area contributed by atoms with Gasteiger partial charge in [0.2, 0.25) is 23.6 Å². The molecular weight excluding hydrogens is 456 g/mol. The summed E-state index contributed by atoms with van der Waals surface area (Å²) in [6.07, 6.45) is 8.45. The number of nitrogens with one attached hydrogen (secondary N) is 2. The van der Waals surface area contributed by atoms with E-state index in [0.717, 1.165) is 51.4 Å². The van der Waals surface area contributed by atoms with E-state index in [-0.39, 0.29) is 23.6 Å². The average molecular weight is 503 g/mol. The Labute approximate surface area is 216 Å². The molecule has 0 aromatic heterocycles. The van der Waals surface area contributed by atoms with Crippen molar-refractivity contribution in [2.45, 2.75) is 78.1 Å². The van der Waals surface area contributed by atoms with E-state index in [4.69, 9.17) is 0 Å². The highest BCUT2D eigenvalue weighted by atomic mass is 16.2. The highest BCUT2D eigenvalue weighted by Gasteiger charge is 2.25. The van der Waals surface area contributed by atoms with Gasteiger partial charge < -0.3 is 20.4 Å². The highest BCUT2D eigenvalue weighted by Crippen LogP contribution is 2.22. The third-order valence-corrected chi connectivity index (χ3v) is 7.23. The van der Waals surface area contributed by atoms with Crippen molar-refractivity contribution in [3.05, 3.63) is 24.3 Å². The van der Waals surface area contributed by atoms with Crippen LogP contribution < -0.4 is 10.6 Å². The van der Waals surface area contributed by atoms with E-state index in [1.165, 1.54) is 0 Å². The number of hydrogen-bond donors (Lipinski definition) is 2. The zero-order valence-electron chi connectivity index (χ0n) is 22.4. The second-order valence-corrected chi connectivity index (χ2v) is 10.6. The molecule has 202 valence electrons. The van der Waals surface area contributed by atoms with Crippen LogP contribution in [0, 0.1) is 11.8 Å². The maximum atomic E-state index is 12.2. The lowest BCUT2D eigenvalue weighted by Gasteiger charge is -2.31. The molecule has 0 unspecified atom stereocenters. The van der Waals surface area contributed by atoms with Crippen molar-refractivity contribution in [3.63, 3.8) is 0 Å². The summed E-state index contributed by atoms with van der Waals surface area (Å²) >= 11 is 0. The number of likely N-dealkylation sites (tertiary alicyclic amines) is 2. The number of carbonyl (C=O) groups is 4. The molecule has 2 heterocycles. The summed E-state index contributed by atoms with van der Waals surface area (Å²) in [5.74, 6) is 0.921. The first kappa shape index (κ1) is 29.6. The van der Waals surface area contributed by atoms with Crippen LogP contribution in [-0.4, -0.2) is 72.7 Å². The molecule has 8 nitrogen and oxygen atoms in total. The number of piperidine rings is 2. The Balaban J connectivity index is 1.43. The van der Waals surface area contributed by atoms with E-state index in [9.17, 15) is 19.2 Å². The van der Waals surface area contributed by atoms with Crippen molar-refractivity contribution in [2.24, 2.45) is 11.8 Å². The van der Waals surface area contributed by atoms with Gasteiger partial charge in [0, 0.05) is 63.3 Å². The van der Waals surface area contributed by atoms with Crippen LogP contribution in [-0.2, 0) is 19.2 Å². The molecule has 0 saturated carbocycles. The molecule has 2 aliphatic rings. The Morgan fingerprint density at radius 1 is 0.639 bits per heavy atom. The van der Waals surface area contributed by atoms with Gasteiger partial charge in [-0.15, -0.1) is 0 Å². The zero-order valence-corrected chi connectivity index (χ0v) is 22.4. The smallest absolute Gasteiger partial charge is 0.248 e. The third kappa shape index (κ3) is 10.5. The fraction of sp³-hybridized carbons (Fsp3) is 0.714. The minimum atomic E-state index is 0.0199. The van der Waals surface area contributed by atoms with Crippen LogP contribution in [0.2, 0.25) is 0 Å². The predicted molar refractivity (Wildman–Crippen MR) is 142 cm³/mol. The summed E-state index contributed by atoms with van der Waals surface area (Å²) in [5, 5.41) is 6.04. The van der Waals surface area contributed by atoms with Crippen molar-refractivity contribution < 1.29 is 19.2 Å². The maximum Gasteiger partial charge on any atom is 0.248 e. The fourth-order valence-corrected chi connectivity index (χ4v) is 4.95. The van der Waals surface area contributed by atoms with Gasteiger partial charge in [0.15, 0.2) is 0 Å². The largest absolute Gasteiger partial charge is 0.356 e. The number of amides is 4. The van der Waals surface area contributed by atoms with Crippen molar-refractivity contribution in [1.29, 1.82) is 0 Å². The molecule has 0 bridgehead atoms. The maximum absolute atomic E-state index is 12.2. The third-order valence-electron chi connectivity index (χ3n) is 7.23. The number of nitrogens with zero attached hydrogens (tertiary/aromatic N) is 2. The molecular formula is C28H46N4O4. The monoisotopic (exact) mass is 502 g/mol. The molecule has 0 aromatic carbocycles. The Bertz CT molecular complexity index is 727. The molecule has 2 saturated heterocycles. The zero-order chi connectivity index (χ0) is 26.5. The average Bonchev–Trinajstić information content (AvgIpc) is 2.85. The lowest BCUT2D eigenvalue weighted by atomic mass is 9.93. The molecule has 2 aliphatic heterocycles. The number of rotatable bonds is 13. The number of carbonyl (C=O) groups excluding carboxylic acids is 4. The van der Waals surface area contributed by atoms with Crippen LogP contribution in [0.15, 0.2) is 24.3 Å². The van der Waals surface area contributed by atoms with Crippen LogP contribution in [0.5, 0.6) is 0 Å². The molecule has 0 spiro atoms. The fourth-order valence-electron chi connectivity index (χ4n) is 4.95. The summed E-state index contributed by atoms with van der Waals surface area (Å²) in [4.78, 5) is 52.0. The van der Waals surface area contributed by atoms with Crippen molar-refractivity contribution in [3.8, 4) is 0 Å². The number of unbranched alkanes of at least 4 members (excludes halogenated alkanes) is 3. The number of hydrogen-bond acceptors (Lipinski definition) is 4. The van der Waals surface area contributed by atoms with Gasteiger partial charge in [-0.3, -0.25) is 19.2 Å². The van der Waals surface area contributed by atoms with Crippen molar-refractivity contribution in [1.82, 2.24) is 20.4 Å². The quantitative estimate of drug-likeness (QED) is 0.298. The van der Waals surface area contributed by atoms with Gasteiger partial charge in [-0.2, -0.15) is 0 Å². The first-order valence-corrected chi connectivity index (χ1v) is 13.6. The lowest BCUT2D eigenvalue weighted by Crippen LogP contribution is -2.40. The molecule has 4 amide bonds. The summed E-state index contributed by atoms with van der Waals surface area (Å²) in [6.45, 7) is 15.1.